The van der Waals surface area contributed by atoms with Crippen LogP contribution >= 0.6 is 0 Å². The second-order valence-electron chi connectivity index (χ2n) is 6.23. The Bertz CT molecular complexity index is 475. The van der Waals surface area contributed by atoms with E-state index in [9.17, 15) is 0 Å². The van der Waals surface area contributed by atoms with Crippen LogP contribution in [0.2, 0.25) is 0 Å². The van der Waals surface area contributed by atoms with Gasteiger partial charge in [0.25, 0.3) is 0 Å². The Kier molecular flexibility index (Phi) is 3.83. The highest BCUT2D eigenvalue weighted by Gasteiger charge is 2.17. The molecule has 0 spiro atoms. The van der Waals surface area contributed by atoms with E-state index in [-0.39, 0.29) is 5.41 Å². The minimum absolute atomic E-state index is 0.172. The summed E-state index contributed by atoms with van der Waals surface area (Å²) in [6.45, 7) is 13.3. The fraction of sp³-hybridized carbons (Fsp3) is 0.562. The van der Waals surface area contributed by atoms with Crippen molar-refractivity contribution in [3.05, 3.63) is 28.8 Å². The lowest BCUT2D eigenvalue weighted by molar-refractivity contribution is 0.367. The summed E-state index contributed by atoms with van der Waals surface area (Å²) in [7, 11) is 0. The van der Waals surface area contributed by atoms with Crippen molar-refractivity contribution < 1.29 is 4.74 Å². The van der Waals surface area contributed by atoms with Crippen molar-refractivity contribution in [2.45, 2.75) is 40.0 Å². The van der Waals surface area contributed by atoms with Crippen molar-refractivity contribution in [3.63, 3.8) is 0 Å². The van der Waals surface area contributed by atoms with Gasteiger partial charge in [0, 0.05) is 6.54 Å². The van der Waals surface area contributed by atoms with E-state index < -0.39 is 0 Å². The van der Waals surface area contributed by atoms with Gasteiger partial charge in [-0.25, -0.2) is 0 Å². The zero-order valence-corrected chi connectivity index (χ0v) is 12.6. The highest BCUT2D eigenvalue weighted by molar-refractivity contribution is 5.85. The second kappa shape index (κ2) is 5.24. The van der Waals surface area contributed by atoms with Gasteiger partial charge in [-0.05, 0) is 36.0 Å². The zero-order chi connectivity index (χ0) is 14.0. The molecule has 0 radical (unpaired) electrons. The Morgan fingerprint density at radius 1 is 1.21 bits per heavy atom. The highest BCUT2D eigenvalue weighted by Crippen LogP contribution is 2.30. The summed E-state index contributed by atoms with van der Waals surface area (Å²) in [6.07, 6.45) is 0. The number of aliphatic imine (C=N–C) groups is 1. The molecule has 0 fully saturated rings. The van der Waals surface area contributed by atoms with E-state index in [4.69, 9.17) is 4.74 Å². The quantitative estimate of drug-likeness (QED) is 0.906. The number of rotatable bonds is 3. The van der Waals surface area contributed by atoms with E-state index in [1.807, 2.05) is 0 Å². The normalized spacial score (nSPS) is 15.1. The molecule has 0 bridgehead atoms. The third-order valence-corrected chi connectivity index (χ3v) is 3.42. The number of benzene rings is 1. The van der Waals surface area contributed by atoms with Gasteiger partial charge >= 0.3 is 0 Å². The standard InChI is InChI=1S/C16H24N2O/c1-11-8-13(16(3,4)5)9-12(2)15(11)19-10-14-17-6-7-18-14/h8-9H,6-7,10H2,1-5H3,(H,17,18). The van der Waals surface area contributed by atoms with Crippen LogP contribution in [0.5, 0.6) is 5.75 Å². The summed E-state index contributed by atoms with van der Waals surface area (Å²) in [5.74, 6) is 1.95. The van der Waals surface area contributed by atoms with Crippen LogP contribution in [-0.2, 0) is 5.41 Å². The van der Waals surface area contributed by atoms with Gasteiger partial charge in [-0.1, -0.05) is 32.9 Å². The topological polar surface area (TPSA) is 33.6 Å². The Morgan fingerprint density at radius 3 is 2.32 bits per heavy atom. The van der Waals surface area contributed by atoms with E-state index in [2.05, 4.69) is 57.1 Å². The van der Waals surface area contributed by atoms with Gasteiger partial charge in [-0.2, -0.15) is 0 Å². The first kappa shape index (κ1) is 13.9. The molecule has 0 unspecified atom stereocenters. The van der Waals surface area contributed by atoms with Crippen molar-refractivity contribution in [1.82, 2.24) is 5.32 Å². The largest absolute Gasteiger partial charge is 0.485 e. The fourth-order valence-electron chi connectivity index (χ4n) is 2.30. The van der Waals surface area contributed by atoms with Crippen molar-refractivity contribution in [1.29, 1.82) is 0 Å². The number of hydrogen-bond acceptors (Lipinski definition) is 3. The smallest absolute Gasteiger partial charge is 0.145 e. The van der Waals surface area contributed by atoms with Gasteiger partial charge in [0.1, 0.15) is 18.2 Å². The van der Waals surface area contributed by atoms with Gasteiger partial charge in [0.05, 0.1) is 6.54 Å². The first-order chi connectivity index (χ1) is 8.88. The molecule has 104 valence electrons. The van der Waals surface area contributed by atoms with Crippen LogP contribution in [0.15, 0.2) is 17.1 Å². The number of aryl methyl sites for hydroxylation is 2. The average molecular weight is 260 g/mol. The first-order valence-electron chi connectivity index (χ1n) is 6.89. The summed E-state index contributed by atoms with van der Waals surface area (Å²) in [4.78, 5) is 4.35. The monoisotopic (exact) mass is 260 g/mol. The van der Waals surface area contributed by atoms with Crippen molar-refractivity contribution in [2.24, 2.45) is 4.99 Å². The fourth-order valence-corrected chi connectivity index (χ4v) is 2.30. The molecule has 2 rings (SSSR count). The lowest BCUT2D eigenvalue weighted by Crippen LogP contribution is -2.25. The molecule has 19 heavy (non-hydrogen) atoms. The molecule has 3 heteroatoms. The second-order valence-corrected chi connectivity index (χ2v) is 6.23. The third-order valence-electron chi connectivity index (χ3n) is 3.42. The highest BCUT2D eigenvalue weighted by atomic mass is 16.5. The van der Waals surface area contributed by atoms with Crippen LogP contribution in [0.1, 0.15) is 37.5 Å². The minimum atomic E-state index is 0.172. The van der Waals surface area contributed by atoms with Gasteiger partial charge in [0.2, 0.25) is 0 Å². The average Bonchev–Trinajstić information content (AvgIpc) is 2.79. The molecule has 1 aliphatic heterocycles. The number of ether oxygens (including phenoxy) is 1. The zero-order valence-electron chi connectivity index (χ0n) is 12.6. The maximum atomic E-state index is 5.93. The maximum Gasteiger partial charge on any atom is 0.145 e. The Hall–Kier alpha value is -1.51. The molecule has 0 aromatic heterocycles. The van der Waals surface area contributed by atoms with Gasteiger partial charge in [0.15, 0.2) is 0 Å². The van der Waals surface area contributed by atoms with E-state index in [0.717, 1.165) is 24.7 Å². The minimum Gasteiger partial charge on any atom is -0.485 e. The number of hydrogen-bond donors (Lipinski definition) is 1. The maximum absolute atomic E-state index is 5.93. The van der Waals surface area contributed by atoms with E-state index in [0.29, 0.717) is 6.61 Å². The molecular weight excluding hydrogens is 236 g/mol. The summed E-state index contributed by atoms with van der Waals surface area (Å²) >= 11 is 0. The Labute approximate surface area is 116 Å². The molecule has 0 amide bonds. The van der Waals surface area contributed by atoms with Gasteiger partial charge in [-0.15, -0.1) is 0 Å². The number of nitrogens with one attached hydrogen (secondary N) is 1. The molecule has 1 aliphatic rings. The molecule has 0 saturated heterocycles. The van der Waals surface area contributed by atoms with Crippen LogP contribution in [0.4, 0.5) is 0 Å². The van der Waals surface area contributed by atoms with Crippen LogP contribution in [0, 0.1) is 13.8 Å². The molecule has 0 atom stereocenters. The summed E-state index contributed by atoms with van der Waals surface area (Å²) < 4.78 is 5.93. The van der Waals surface area contributed by atoms with Crippen LogP contribution in [-0.4, -0.2) is 25.5 Å². The molecule has 3 nitrogen and oxygen atoms in total. The molecular formula is C16H24N2O. The third kappa shape index (κ3) is 3.28. The molecule has 0 aliphatic carbocycles. The number of nitrogens with zero attached hydrogens (tertiary/aromatic N) is 1. The summed E-state index contributed by atoms with van der Waals surface area (Å²) in [5.41, 5.74) is 3.92. The van der Waals surface area contributed by atoms with E-state index in [1.54, 1.807) is 0 Å². The molecule has 1 N–H and O–H groups in total. The van der Waals surface area contributed by atoms with Crippen molar-refractivity contribution >= 4 is 5.84 Å². The number of amidine groups is 1. The lowest BCUT2D eigenvalue weighted by Gasteiger charge is -2.22. The predicted molar refractivity (Wildman–Crippen MR) is 80.4 cm³/mol. The summed E-state index contributed by atoms with van der Waals surface area (Å²) in [5, 5.41) is 3.23. The Balaban J connectivity index is 2.17. The molecule has 1 heterocycles. The molecule has 0 saturated carbocycles. The lowest BCUT2D eigenvalue weighted by atomic mass is 9.85. The molecule has 1 aromatic carbocycles. The summed E-state index contributed by atoms with van der Waals surface area (Å²) in [6, 6.07) is 4.46. The van der Waals surface area contributed by atoms with Crippen LogP contribution in [0.3, 0.4) is 0 Å². The first-order valence-corrected chi connectivity index (χ1v) is 6.89. The van der Waals surface area contributed by atoms with Crippen LogP contribution in [0.25, 0.3) is 0 Å². The molecule has 1 aromatic rings. The predicted octanol–water partition coefficient (Wildman–Crippen LogP) is 2.98. The SMILES string of the molecule is Cc1cc(C(C)(C)C)cc(C)c1OCC1=NCCN1. The van der Waals surface area contributed by atoms with E-state index in [1.165, 1.54) is 16.7 Å². The van der Waals surface area contributed by atoms with Crippen molar-refractivity contribution in [3.8, 4) is 5.75 Å². The van der Waals surface area contributed by atoms with Gasteiger partial charge < -0.3 is 10.1 Å². The van der Waals surface area contributed by atoms with E-state index >= 15 is 0 Å². The Morgan fingerprint density at radius 2 is 1.84 bits per heavy atom. The van der Waals surface area contributed by atoms with Gasteiger partial charge in [-0.3, -0.25) is 4.99 Å². The van der Waals surface area contributed by atoms with Crippen molar-refractivity contribution in [2.75, 3.05) is 19.7 Å². The van der Waals surface area contributed by atoms with Crippen LogP contribution < -0.4 is 10.1 Å².